The molecule has 0 bridgehead atoms. The lowest BCUT2D eigenvalue weighted by Crippen LogP contribution is -2.50. The van der Waals surface area contributed by atoms with Crippen molar-refractivity contribution in [3.05, 3.63) is 35.6 Å². The van der Waals surface area contributed by atoms with Crippen molar-refractivity contribution in [1.29, 1.82) is 0 Å². The van der Waals surface area contributed by atoms with Crippen LogP contribution in [0.25, 0.3) is 10.6 Å². The van der Waals surface area contributed by atoms with Crippen LogP contribution in [0.15, 0.2) is 29.9 Å². The first-order valence-electron chi connectivity index (χ1n) is 8.69. The van der Waals surface area contributed by atoms with Gasteiger partial charge >= 0.3 is 0 Å². The van der Waals surface area contributed by atoms with Crippen molar-refractivity contribution in [3.63, 3.8) is 0 Å². The molecule has 1 saturated heterocycles. The highest BCUT2D eigenvalue weighted by molar-refractivity contribution is 7.13. The van der Waals surface area contributed by atoms with E-state index < -0.39 is 0 Å². The highest BCUT2D eigenvalue weighted by Gasteiger charge is 2.19. The molecule has 1 aliphatic heterocycles. The normalized spacial score (nSPS) is 15.0. The number of thiazole rings is 1. The molecule has 2 aromatic rings. The average Bonchev–Trinajstić information content (AvgIpc) is 3.15. The number of aryl methyl sites for hydroxylation is 1. The maximum atomic E-state index is 12.1. The summed E-state index contributed by atoms with van der Waals surface area (Å²) in [6.45, 7) is 3.28. The number of amides is 2. The highest BCUT2D eigenvalue weighted by Crippen LogP contribution is 2.23. The number of nitrogens with one attached hydrogen (secondary N) is 1. The molecule has 8 heteroatoms. The summed E-state index contributed by atoms with van der Waals surface area (Å²) in [6.07, 6.45) is 4.37. The van der Waals surface area contributed by atoms with Gasteiger partial charge in [-0.3, -0.25) is 14.6 Å². The molecule has 138 valence electrons. The molecule has 0 aliphatic carbocycles. The molecule has 0 spiro atoms. The molecule has 0 radical (unpaired) electrons. The van der Waals surface area contributed by atoms with Crippen LogP contribution in [0.1, 0.15) is 12.1 Å². The van der Waals surface area contributed by atoms with Gasteiger partial charge in [0.05, 0.1) is 12.2 Å². The molecule has 3 heterocycles. The van der Waals surface area contributed by atoms with Gasteiger partial charge in [-0.2, -0.15) is 0 Å². The molecule has 3 rings (SSSR count). The number of hydrogen-bond acceptors (Lipinski definition) is 6. The number of hydrogen-bond donors (Lipinski definition) is 1. The van der Waals surface area contributed by atoms with Crippen molar-refractivity contribution in [2.24, 2.45) is 0 Å². The van der Waals surface area contributed by atoms with E-state index in [0.29, 0.717) is 12.8 Å². The van der Waals surface area contributed by atoms with Crippen molar-refractivity contribution < 1.29 is 9.59 Å². The first-order valence-corrected chi connectivity index (χ1v) is 9.57. The maximum absolute atomic E-state index is 12.1. The van der Waals surface area contributed by atoms with Crippen LogP contribution in [0.3, 0.4) is 0 Å². The largest absolute Gasteiger partial charge is 0.347 e. The second-order valence-corrected chi connectivity index (χ2v) is 7.20. The minimum absolute atomic E-state index is 0.0138. The zero-order chi connectivity index (χ0) is 18.4. The van der Waals surface area contributed by atoms with Crippen molar-refractivity contribution in [3.8, 4) is 10.6 Å². The zero-order valence-electron chi connectivity index (χ0n) is 14.9. The summed E-state index contributed by atoms with van der Waals surface area (Å²) in [5.41, 5.74) is 1.92. The Bertz CT molecular complexity index is 741. The minimum Gasteiger partial charge on any atom is -0.347 e. The fourth-order valence-electron chi connectivity index (χ4n) is 2.72. The Kier molecular flexibility index (Phi) is 6.30. The third-order valence-electron chi connectivity index (χ3n) is 4.38. The Hall–Kier alpha value is -2.32. The fourth-order valence-corrected chi connectivity index (χ4v) is 3.58. The Labute approximate surface area is 157 Å². The minimum atomic E-state index is -0.120. The van der Waals surface area contributed by atoms with E-state index in [1.54, 1.807) is 23.7 Å². The summed E-state index contributed by atoms with van der Waals surface area (Å²) >= 11 is 1.56. The SMILES string of the molecule is CN1CCN(C(=O)CNC(=O)CCc2csc(-c3ccncc3)n2)CC1. The van der Waals surface area contributed by atoms with Crippen LogP contribution in [0, 0.1) is 0 Å². The fraction of sp³-hybridized carbons (Fsp3) is 0.444. The summed E-state index contributed by atoms with van der Waals surface area (Å²) in [6, 6.07) is 3.83. The average molecular weight is 373 g/mol. The molecule has 0 saturated carbocycles. The second-order valence-electron chi connectivity index (χ2n) is 6.34. The van der Waals surface area contributed by atoms with Gasteiger partial charge in [-0.25, -0.2) is 4.98 Å². The molecule has 1 fully saturated rings. The van der Waals surface area contributed by atoms with Gasteiger partial charge < -0.3 is 15.1 Å². The zero-order valence-corrected chi connectivity index (χ0v) is 15.7. The molecular weight excluding hydrogens is 350 g/mol. The summed E-state index contributed by atoms with van der Waals surface area (Å²) in [5.74, 6) is -0.133. The predicted octanol–water partition coefficient (Wildman–Crippen LogP) is 1.03. The number of carbonyl (C=O) groups excluding carboxylic acids is 2. The maximum Gasteiger partial charge on any atom is 0.242 e. The molecule has 1 N–H and O–H groups in total. The molecule has 0 aromatic carbocycles. The Morgan fingerprint density at radius 2 is 1.92 bits per heavy atom. The monoisotopic (exact) mass is 373 g/mol. The molecular formula is C18H23N5O2S. The van der Waals surface area contributed by atoms with Crippen LogP contribution < -0.4 is 5.32 Å². The van der Waals surface area contributed by atoms with Crippen LogP contribution in [-0.2, 0) is 16.0 Å². The van der Waals surface area contributed by atoms with Crippen molar-refractivity contribution in [2.45, 2.75) is 12.8 Å². The van der Waals surface area contributed by atoms with Gasteiger partial charge in [0.15, 0.2) is 0 Å². The van der Waals surface area contributed by atoms with Crippen molar-refractivity contribution in [1.82, 2.24) is 25.1 Å². The third kappa shape index (κ3) is 5.09. The topological polar surface area (TPSA) is 78.4 Å². The number of aromatic nitrogens is 2. The summed E-state index contributed by atoms with van der Waals surface area (Å²) in [5, 5.41) is 5.62. The smallest absolute Gasteiger partial charge is 0.242 e. The van der Waals surface area contributed by atoms with Gasteiger partial charge in [0.1, 0.15) is 5.01 Å². The van der Waals surface area contributed by atoms with E-state index in [2.05, 4.69) is 20.2 Å². The first-order chi connectivity index (χ1) is 12.6. The van der Waals surface area contributed by atoms with Gasteiger partial charge in [0, 0.05) is 55.9 Å². The number of rotatable bonds is 6. The summed E-state index contributed by atoms with van der Waals surface area (Å²) in [4.78, 5) is 36.7. The predicted molar refractivity (Wildman–Crippen MR) is 101 cm³/mol. The van der Waals surface area contributed by atoms with Crippen LogP contribution in [0.2, 0.25) is 0 Å². The van der Waals surface area contributed by atoms with Gasteiger partial charge in [0.25, 0.3) is 0 Å². The second kappa shape index (κ2) is 8.86. The summed E-state index contributed by atoms with van der Waals surface area (Å²) in [7, 11) is 2.04. The molecule has 2 amide bonds. The first kappa shape index (κ1) is 18.5. The van der Waals surface area contributed by atoms with E-state index in [4.69, 9.17) is 0 Å². The van der Waals surface area contributed by atoms with Crippen molar-refractivity contribution in [2.75, 3.05) is 39.8 Å². The van der Waals surface area contributed by atoms with Crippen LogP contribution in [0.5, 0.6) is 0 Å². The van der Waals surface area contributed by atoms with Gasteiger partial charge in [-0.05, 0) is 25.6 Å². The van der Waals surface area contributed by atoms with Crippen molar-refractivity contribution >= 4 is 23.2 Å². The molecule has 2 aromatic heterocycles. The molecule has 26 heavy (non-hydrogen) atoms. The number of pyridine rings is 1. The molecule has 1 aliphatic rings. The van der Waals surface area contributed by atoms with E-state index >= 15 is 0 Å². The molecule has 7 nitrogen and oxygen atoms in total. The highest BCUT2D eigenvalue weighted by atomic mass is 32.1. The lowest BCUT2D eigenvalue weighted by atomic mass is 10.2. The Morgan fingerprint density at radius 3 is 2.65 bits per heavy atom. The van der Waals surface area contributed by atoms with Gasteiger partial charge in [0.2, 0.25) is 11.8 Å². The van der Waals surface area contributed by atoms with E-state index in [9.17, 15) is 9.59 Å². The standard InChI is InChI=1S/C18H23N5O2S/c1-22-8-10-23(11-9-22)17(25)12-20-16(24)3-2-15-13-26-18(21-15)14-4-6-19-7-5-14/h4-7,13H,2-3,8-12H2,1H3,(H,20,24). The quantitative estimate of drug-likeness (QED) is 0.818. The summed E-state index contributed by atoms with van der Waals surface area (Å²) < 4.78 is 0. The van der Waals surface area contributed by atoms with Gasteiger partial charge in [-0.15, -0.1) is 11.3 Å². The van der Waals surface area contributed by atoms with E-state index in [0.717, 1.165) is 42.4 Å². The van der Waals surface area contributed by atoms with Crippen LogP contribution in [0.4, 0.5) is 0 Å². The molecule has 0 atom stereocenters. The number of likely N-dealkylation sites (N-methyl/N-ethyl adjacent to an activating group) is 1. The number of carbonyl (C=O) groups is 2. The third-order valence-corrected chi connectivity index (χ3v) is 5.32. The number of piperazine rings is 1. The van der Waals surface area contributed by atoms with E-state index in [1.165, 1.54) is 0 Å². The van der Waals surface area contributed by atoms with E-state index in [1.807, 2.05) is 29.5 Å². The molecule has 0 unspecified atom stereocenters. The Balaban J connectivity index is 1.40. The number of nitrogens with zero attached hydrogens (tertiary/aromatic N) is 4. The lowest BCUT2D eigenvalue weighted by Gasteiger charge is -2.32. The lowest BCUT2D eigenvalue weighted by molar-refractivity contribution is -0.134. The van der Waals surface area contributed by atoms with E-state index in [-0.39, 0.29) is 18.4 Å². The van der Waals surface area contributed by atoms with Crippen LogP contribution in [-0.4, -0.2) is 71.4 Å². The van der Waals surface area contributed by atoms with Crippen LogP contribution >= 0.6 is 11.3 Å². The Morgan fingerprint density at radius 1 is 1.19 bits per heavy atom. The van der Waals surface area contributed by atoms with Gasteiger partial charge in [-0.1, -0.05) is 0 Å².